The van der Waals surface area contributed by atoms with Crippen molar-refractivity contribution in [3.8, 4) is 0 Å². The molecule has 0 radical (unpaired) electrons. The summed E-state index contributed by atoms with van der Waals surface area (Å²) in [6, 6.07) is -0.963. The lowest BCUT2D eigenvalue weighted by atomic mass is 9.96. The molecule has 17 atom stereocenters. The van der Waals surface area contributed by atoms with Crippen LogP contribution in [0.1, 0.15) is 149 Å². The first-order chi connectivity index (χ1) is 31.8. The number of unbranched alkanes of at least 4 members (excludes halogenated alkanes) is 18. The minimum absolute atomic E-state index is 0.247. The van der Waals surface area contributed by atoms with E-state index in [1.54, 1.807) is 6.08 Å². The zero-order chi connectivity index (χ0) is 48.4. The molecule has 17 unspecified atom stereocenters. The molecular weight excluding hydrogens is 867 g/mol. The van der Waals surface area contributed by atoms with Crippen LogP contribution in [0.2, 0.25) is 0 Å². The smallest absolute Gasteiger partial charge is 0.220 e. The summed E-state index contributed by atoms with van der Waals surface area (Å²) in [5, 5.41) is 119. The average Bonchev–Trinajstić information content (AvgIpc) is 3.31. The van der Waals surface area contributed by atoms with E-state index in [0.29, 0.717) is 6.42 Å². The zero-order valence-corrected chi connectivity index (χ0v) is 39.4. The fraction of sp³-hybridized carbons (Fsp3) is 0.936. The van der Waals surface area contributed by atoms with Crippen LogP contribution >= 0.6 is 0 Å². The van der Waals surface area contributed by atoms with Crippen LogP contribution in [-0.4, -0.2) is 193 Å². The zero-order valence-electron chi connectivity index (χ0n) is 39.4. The molecule has 3 rings (SSSR count). The molecule has 1 amide bonds. The van der Waals surface area contributed by atoms with Crippen molar-refractivity contribution < 1.29 is 89.4 Å². The second kappa shape index (κ2) is 33.2. The second-order valence-corrected chi connectivity index (χ2v) is 18.3. The van der Waals surface area contributed by atoms with Crippen LogP contribution in [0, 0.1) is 0 Å². The molecule has 19 heteroatoms. The third-order valence-electron chi connectivity index (χ3n) is 12.8. The number of rotatable bonds is 34. The van der Waals surface area contributed by atoms with Crippen molar-refractivity contribution in [3.63, 3.8) is 0 Å². The third-order valence-corrected chi connectivity index (χ3v) is 12.8. The Kier molecular flexibility index (Phi) is 29.6. The Hall–Kier alpha value is -1.47. The molecule has 388 valence electrons. The van der Waals surface area contributed by atoms with E-state index in [1.807, 2.05) is 6.08 Å². The van der Waals surface area contributed by atoms with Crippen molar-refractivity contribution >= 4 is 5.91 Å². The van der Waals surface area contributed by atoms with Crippen molar-refractivity contribution in [1.82, 2.24) is 5.32 Å². The molecule has 3 heterocycles. The minimum Gasteiger partial charge on any atom is -0.394 e. The van der Waals surface area contributed by atoms with Crippen LogP contribution in [0.5, 0.6) is 0 Å². The van der Waals surface area contributed by atoms with Gasteiger partial charge in [-0.25, -0.2) is 0 Å². The van der Waals surface area contributed by atoms with E-state index in [1.165, 1.54) is 77.0 Å². The third kappa shape index (κ3) is 19.4. The summed E-state index contributed by atoms with van der Waals surface area (Å²) < 4.78 is 34.0. The van der Waals surface area contributed by atoms with Crippen LogP contribution in [0.25, 0.3) is 0 Å². The Morgan fingerprint density at radius 2 is 0.939 bits per heavy atom. The van der Waals surface area contributed by atoms with Gasteiger partial charge in [0.1, 0.15) is 73.2 Å². The first kappa shape index (κ1) is 58.8. The van der Waals surface area contributed by atoms with E-state index in [0.717, 1.165) is 44.9 Å². The second-order valence-electron chi connectivity index (χ2n) is 18.3. The van der Waals surface area contributed by atoms with Gasteiger partial charge in [-0.15, -0.1) is 0 Å². The van der Waals surface area contributed by atoms with Crippen molar-refractivity contribution in [1.29, 1.82) is 0 Å². The molecule has 3 fully saturated rings. The Labute approximate surface area is 391 Å². The molecular formula is C47H87NO18. The van der Waals surface area contributed by atoms with Crippen LogP contribution in [-0.2, 0) is 33.2 Å². The largest absolute Gasteiger partial charge is 0.394 e. The maximum atomic E-state index is 13.1. The normalized spacial score (nSPS) is 33.9. The molecule has 66 heavy (non-hydrogen) atoms. The van der Waals surface area contributed by atoms with Gasteiger partial charge in [0.25, 0.3) is 0 Å². The Morgan fingerprint density at radius 3 is 1.42 bits per heavy atom. The quantitative estimate of drug-likeness (QED) is 0.0317. The van der Waals surface area contributed by atoms with Gasteiger partial charge in [0.05, 0.1) is 38.6 Å². The number of hydrogen-bond acceptors (Lipinski definition) is 18. The molecule has 3 aliphatic rings. The summed E-state index contributed by atoms with van der Waals surface area (Å²) in [5.74, 6) is -0.280. The fourth-order valence-electron chi connectivity index (χ4n) is 8.60. The summed E-state index contributed by atoms with van der Waals surface area (Å²) in [6.45, 7) is 1.64. The molecule has 0 aromatic rings. The Bertz CT molecular complexity index is 1280. The van der Waals surface area contributed by atoms with Crippen molar-refractivity contribution in [2.24, 2.45) is 0 Å². The number of ether oxygens (including phenoxy) is 6. The van der Waals surface area contributed by atoms with Crippen LogP contribution in [0.15, 0.2) is 12.2 Å². The van der Waals surface area contributed by atoms with Crippen LogP contribution in [0.3, 0.4) is 0 Å². The summed E-state index contributed by atoms with van der Waals surface area (Å²) in [5.41, 5.74) is 0. The number of carbonyl (C=O) groups is 1. The standard InChI is InChI=1S/C47H87NO18/c1-3-5-7-9-11-13-15-17-19-21-23-25-35(53)48-30(31(52)24-22-20-18-16-14-12-10-8-6-4-2)29-61-45-41(59)38(56)43(33(27-50)63-45)66-47-42(60)39(57)44(34(28-51)64-47)65-46-40(58)37(55)36(54)32(26-49)62-46/h22,24,30-34,36-47,49-52,54-60H,3-21,23,25-29H2,1-2H3,(H,48,53)/b24-22+. The van der Waals surface area contributed by atoms with Gasteiger partial charge in [0.2, 0.25) is 5.91 Å². The molecule has 0 saturated carbocycles. The number of aliphatic hydroxyl groups excluding tert-OH is 11. The minimum atomic E-state index is -1.97. The highest BCUT2D eigenvalue weighted by molar-refractivity contribution is 5.76. The lowest BCUT2D eigenvalue weighted by Gasteiger charge is -2.48. The number of hydrogen-bond donors (Lipinski definition) is 12. The topological polar surface area (TPSA) is 307 Å². The lowest BCUT2D eigenvalue weighted by molar-refractivity contribution is -0.379. The first-order valence-electron chi connectivity index (χ1n) is 24.9. The van der Waals surface area contributed by atoms with E-state index in [-0.39, 0.29) is 18.9 Å². The summed E-state index contributed by atoms with van der Waals surface area (Å²) >= 11 is 0. The number of amides is 1. The lowest BCUT2D eigenvalue weighted by Crippen LogP contribution is -2.66. The van der Waals surface area contributed by atoms with Gasteiger partial charge in [-0.3, -0.25) is 4.79 Å². The molecule has 3 saturated heterocycles. The summed E-state index contributed by atoms with van der Waals surface area (Å²) in [4.78, 5) is 13.1. The monoisotopic (exact) mass is 954 g/mol. The number of allylic oxidation sites excluding steroid dienone is 1. The molecule has 3 aliphatic heterocycles. The van der Waals surface area contributed by atoms with Crippen molar-refractivity contribution in [2.45, 2.75) is 253 Å². The van der Waals surface area contributed by atoms with E-state index in [4.69, 9.17) is 28.4 Å². The SMILES string of the molecule is CCCCCCCCCC/C=C/C(O)C(COC1OC(CO)C(OC2OC(CO)C(OC3OC(CO)C(O)C(O)C3O)C(O)C2O)C(O)C1O)NC(=O)CCCCCCCCCCCCC. The molecule has 0 aromatic heterocycles. The molecule has 0 aromatic carbocycles. The van der Waals surface area contributed by atoms with E-state index in [9.17, 15) is 61.0 Å². The molecule has 12 N–H and O–H groups in total. The van der Waals surface area contributed by atoms with Gasteiger partial charge in [-0.2, -0.15) is 0 Å². The Morgan fingerprint density at radius 1 is 0.530 bits per heavy atom. The van der Waals surface area contributed by atoms with E-state index < -0.39 is 124 Å². The van der Waals surface area contributed by atoms with Crippen LogP contribution < -0.4 is 5.32 Å². The molecule has 19 nitrogen and oxygen atoms in total. The van der Waals surface area contributed by atoms with Gasteiger partial charge >= 0.3 is 0 Å². The van der Waals surface area contributed by atoms with E-state index >= 15 is 0 Å². The predicted octanol–water partition coefficient (Wildman–Crippen LogP) is 1.09. The van der Waals surface area contributed by atoms with Gasteiger partial charge in [0.15, 0.2) is 18.9 Å². The van der Waals surface area contributed by atoms with Gasteiger partial charge < -0.3 is 89.9 Å². The predicted molar refractivity (Wildman–Crippen MR) is 240 cm³/mol. The molecule has 0 spiro atoms. The first-order valence-corrected chi connectivity index (χ1v) is 24.9. The van der Waals surface area contributed by atoms with Gasteiger partial charge in [0, 0.05) is 6.42 Å². The summed E-state index contributed by atoms with van der Waals surface area (Å²) in [7, 11) is 0. The number of carbonyl (C=O) groups excluding carboxylic acids is 1. The molecule has 0 bridgehead atoms. The number of aliphatic hydroxyl groups is 11. The summed E-state index contributed by atoms with van der Waals surface area (Å²) in [6.07, 6.45) is -0.516. The Balaban J connectivity index is 1.58. The highest BCUT2D eigenvalue weighted by Gasteiger charge is 2.53. The number of nitrogens with one attached hydrogen (secondary N) is 1. The van der Waals surface area contributed by atoms with Crippen LogP contribution in [0.4, 0.5) is 0 Å². The average molecular weight is 954 g/mol. The highest BCUT2D eigenvalue weighted by Crippen LogP contribution is 2.33. The van der Waals surface area contributed by atoms with Crippen molar-refractivity contribution in [2.75, 3.05) is 26.4 Å². The maximum Gasteiger partial charge on any atom is 0.220 e. The molecule has 0 aliphatic carbocycles. The van der Waals surface area contributed by atoms with Crippen molar-refractivity contribution in [3.05, 3.63) is 12.2 Å². The van der Waals surface area contributed by atoms with Gasteiger partial charge in [-0.1, -0.05) is 135 Å². The van der Waals surface area contributed by atoms with E-state index in [2.05, 4.69) is 19.2 Å². The highest BCUT2D eigenvalue weighted by atomic mass is 16.8. The fourth-order valence-corrected chi connectivity index (χ4v) is 8.60. The maximum absolute atomic E-state index is 13.1. The van der Waals surface area contributed by atoms with Gasteiger partial charge in [-0.05, 0) is 19.3 Å².